The van der Waals surface area contributed by atoms with E-state index in [4.69, 9.17) is 82.0 Å². The van der Waals surface area contributed by atoms with Crippen molar-refractivity contribution in [2.45, 2.75) is 12.8 Å². The number of carbonyl (C=O) groups excluding carboxylic acids is 2. The third-order valence-corrected chi connectivity index (χ3v) is 16.0. The van der Waals surface area contributed by atoms with Gasteiger partial charge in [-0.15, -0.1) is 32.9 Å². The number of nitrogens with two attached hydrogens (primary N) is 2. The summed E-state index contributed by atoms with van der Waals surface area (Å²) in [5.41, 5.74) is 12.4. The SMILES string of the molecule is COc1nccc2sc(CC(=S)CNC(=O)c3ccc(Cl)cc3)nc12.COc1nccc2sc(Cc3nnc(-c4ccc(Cl)cc4)o3)nc12.COc1nccc2sc(N)nc12.COc1nccc2sc(N=C=S)nc12.NNC(=O)c1ccc(Cl)cc1. The minimum absolute atomic E-state index is 0.186. The van der Waals surface area contributed by atoms with Crippen molar-refractivity contribution >= 4 is 178 Å². The van der Waals surface area contributed by atoms with Crippen LogP contribution in [-0.4, -0.2) is 107 Å². The van der Waals surface area contributed by atoms with Crippen LogP contribution in [-0.2, 0) is 12.8 Å². The maximum absolute atomic E-state index is 12.1. The number of hydrazine groups is 1. The summed E-state index contributed by atoms with van der Waals surface area (Å²) in [4.78, 5) is 61.2. The number of nitrogens with zero attached hydrogens (tertiary/aromatic N) is 11. The summed E-state index contributed by atoms with van der Waals surface area (Å²) >= 11 is 33.1. The van der Waals surface area contributed by atoms with E-state index >= 15 is 0 Å². The molecular formula is C55H44Cl3N15O7S6. The third kappa shape index (κ3) is 17.2. The fourth-order valence-electron chi connectivity index (χ4n) is 7.22. The number of anilines is 1. The Balaban J connectivity index is 0.000000146. The van der Waals surface area contributed by atoms with E-state index in [0.717, 1.165) is 50.9 Å². The molecule has 12 rings (SSSR count). The van der Waals surface area contributed by atoms with Gasteiger partial charge in [0.2, 0.25) is 40.4 Å². The third-order valence-electron chi connectivity index (χ3n) is 11.1. The highest BCUT2D eigenvalue weighted by atomic mass is 35.5. The number of isothiocyanates is 1. The van der Waals surface area contributed by atoms with Gasteiger partial charge in [0.05, 0.1) is 63.8 Å². The largest absolute Gasteiger partial charge is 0.479 e. The molecule has 0 saturated carbocycles. The molecule has 3 aromatic carbocycles. The molecule has 2 amide bonds. The lowest BCUT2D eigenvalue weighted by atomic mass is 10.2. The van der Waals surface area contributed by atoms with Gasteiger partial charge < -0.3 is 34.4 Å². The number of ether oxygens (including phenoxy) is 4. The molecule has 438 valence electrons. The number of carbonyl (C=O) groups is 2. The molecule has 0 radical (unpaired) electrons. The molecule has 0 atom stereocenters. The van der Waals surface area contributed by atoms with Crippen molar-refractivity contribution in [2.75, 3.05) is 40.7 Å². The zero-order valence-corrected chi connectivity index (χ0v) is 52.4. The number of fused-ring (bicyclic) bond motifs is 4. The van der Waals surface area contributed by atoms with Gasteiger partial charge in [-0.2, -0.15) is 4.99 Å². The molecule has 6 N–H and O–H groups in total. The molecule has 0 unspecified atom stereocenters. The van der Waals surface area contributed by atoms with Crippen molar-refractivity contribution in [3.63, 3.8) is 0 Å². The van der Waals surface area contributed by atoms with E-state index in [1.54, 1.807) is 137 Å². The van der Waals surface area contributed by atoms with Crippen LogP contribution in [0, 0.1) is 0 Å². The number of thiocarbonyl (C=S) groups is 2. The van der Waals surface area contributed by atoms with E-state index in [-0.39, 0.29) is 11.8 Å². The summed E-state index contributed by atoms with van der Waals surface area (Å²) < 4.78 is 30.2. The number of aliphatic imine (C=N–C) groups is 1. The van der Waals surface area contributed by atoms with Gasteiger partial charge in [-0.25, -0.2) is 45.7 Å². The molecule has 0 aliphatic rings. The molecule has 22 nitrogen and oxygen atoms in total. The number of hydrogen-bond acceptors (Lipinski definition) is 26. The molecule has 86 heavy (non-hydrogen) atoms. The lowest BCUT2D eigenvalue weighted by molar-refractivity contribution is 0.0948. The summed E-state index contributed by atoms with van der Waals surface area (Å²) in [6.45, 7) is 0.308. The number of benzene rings is 3. The molecule has 31 heteroatoms. The van der Waals surface area contributed by atoms with Crippen molar-refractivity contribution in [3.05, 3.63) is 164 Å². The predicted octanol–water partition coefficient (Wildman–Crippen LogP) is 12.3. The smallest absolute Gasteiger partial charge is 0.265 e. The van der Waals surface area contributed by atoms with Crippen LogP contribution >= 0.6 is 105 Å². The van der Waals surface area contributed by atoms with Crippen molar-refractivity contribution in [2.24, 2.45) is 10.8 Å². The van der Waals surface area contributed by atoms with Crippen LogP contribution in [0.5, 0.6) is 23.5 Å². The monoisotopic (exact) mass is 1320 g/mol. The highest BCUT2D eigenvalue weighted by Crippen LogP contribution is 2.33. The Bertz CT molecular complexity index is 4330. The maximum atomic E-state index is 12.1. The first-order chi connectivity index (χ1) is 41.7. The lowest BCUT2D eigenvalue weighted by Gasteiger charge is -2.05. The fourth-order valence-corrected chi connectivity index (χ4v) is 11.5. The molecule has 0 spiro atoms. The number of nitrogen functional groups attached to an aromatic ring is 2. The van der Waals surface area contributed by atoms with Crippen molar-refractivity contribution in [1.82, 2.24) is 60.8 Å². The Labute approximate surface area is 530 Å². The van der Waals surface area contributed by atoms with E-state index in [1.165, 1.54) is 22.7 Å². The standard InChI is InChI=1S/C17H14ClN3O2S2.C16H11ClN4O2S.C8H5N3OS2.C7H7ClN2O.C7H7N3OS/c1-23-17-15-13(6-7-19-17)25-14(21-15)8-12(24)9-20-16(22)10-2-4-11(18)5-3-10;1-22-16-14-11(6-7-18-16)24-13(19-14)8-12-20-21-15(23-12)9-2-4-10(17)5-3-9;1-12-7-6-5(2-3-9-7)14-8(11-6)10-4-13;8-6-3-1-5(2-4-6)7(11)10-9;1-11-6-5-4(2-3-9-6)12-7(8)10-5/h2-7H,8-9H2,1H3,(H,20,22);2-7H,8H2,1H3;2-3H,1H3;1-4H,9H2,(H,10,11);2-3H,1H3,(H2,8,10). The molecule has 0 aliphatic heterocycles. The molecule has 0 bridgehead atoms. The van der Waals surface area contributed by atoms with E-state index in [2.05, 4.69) is 77.8 Å². The number of halogens is 3. The number of thiazole rings is 4. The first-order valence-corrected chi connectivity index (χ1v) is 29.8. The lowest BCUT2D eigenvalue weighted by Crippen LogP contribution is -2.29. The zero-order valence-electron chi connectivity index (χ0n) is 45.2. The van der Waals surface area contributed by atoms with Crippen molar-refractivity contribution in [3.8, 4) is 35.0 Å². The predicted molar refractivity (Wildman–Crippen MR) is 346 cm³/mol. The minimum atomic E-state index is -0.318. The number of aromatic nitrogens is 10. The summed E-state index contributed by atoms with van der Waals surface area (Å²) in [5.74, 6) is 7.42. The first kappa shape index (κ1) is 63.6. The summed E-state index contributed by atoms with van der Waals surface area (Å²) in [5, 5.41) is 18.0. The van der Waals surface area contributed by atoms with E-state index in [0.29, 0.717) is 102 Å². The van der Waals surface area contributed by atoms with Gasteiger partial charge in [0, 0.05) is 74.4 Å². The molecule has 0 aliphatic carbocycles. The van der Waals surface area contributed by atoms with Crippen molar-refractivity contribution in [1.29, 1.82) is 0 Å². The van der Waals surface area contributed by atoms with E-state index < -0.39 is 0 Å². The van der Waals surface area contributed by atoms with Crippen molar-refractivity contribution < 1.29 is 33.0 Å². The molecule has 9 aromatic heterocycles. The Hall–Kier alpha value is -8.38. The quantitative estimate of drug-likeness (QED) is 0.0258. The van der Waals surface area contributed by atoms with Crippen LogP contribution in [0.3, 0.4) is 0 Å². The number of methoxy groups -OCH3 is 4. The second kappa shape index (κ2) is 31.1. The van der Waals surface area contributed by atoms with Crippen LogP contribution in [0.1, 0.15) is 36.6 Å². The van der Waals surface area contributed by atoms with Crippen LogP contribution < -0.4 is 41.3 Å². The van der Waals surface area contributed by atoms with Gasteiger partial charge in [-0.3, -0.25) is 15.0 Å². The second-order valence-corrected chi connectivity index (χ2v) is 23.1. The van der Waals surface area contributed by atoms with E-state index in [9.17, 15) is 9.59 Å². The highest BCUT2D eigenvalue weighted by Gasteiger charge is 2.16. The number of rotatable bonds is 14. The van der Waals surface area contributed by atoms with E-state index in [1.807, 2.05) is 41.8 Å². The number of nitrogens with one attached hydrogen (secondary N) is 2. The average Bonchev–Trinajstić information content (AvgIpc) is 4.60. The first-order valence-electron chi connectivity index (χ1n) is 24.6. The van der Waals surface area contributed by atoms with Gasteiger partial charge in [0.1, 0.15) is 27.1 Å². The number of amides is 2. The Morgan fingerprint density at radius 2 is 1.03 bits per heavy atom. The molecule has 0 fully saturated rings. The van der Waals surface area contributed by atoms with Gasteiger partial charge in [-0.05, 0) is 109 Å². The van der Waals surface area contributed by atoms with Gasteiger partial charge >= 0.3 is 0 Å². The van der Waals surface area contributed by atoms with Crippen LogP contribution in [0.4, 0.5) is 10.3 Å². The van der Waals surface area contributed by atoms with Gasteiger partial charge in [0.25, 0.3) is 11.8 Å². The highest BCUT2D eigenvalue weighted by molar-refractivity contribution is 7.80. The molecular weight excluding hydrogens is 1280 g/mol. The fraction of sp³-hybridized carbons (Fsp3) is 0.127. The van der Waals surface area contributed by atoms with Crippen LogP contribution in [0.25, 0.3) is 52.3 Å². The molecule has 0 saturated heterocycles. The summed E-state index contributed by atoms with van der Waals surface area (Å²) in [6, 6.07) is 28.0. The zero-order chi connectivity index (χ0) is 61.1. The number of pyridine rings is 4. The normalized spacial score (nSPS) is 10.4. The summed E-state index contributed by atoms with van der Waals surface area (Å²) in [7, 11) is 6.27. The Morgan fingerprint density at radius 1 is 0.593 bits per heavy atom. The average molecular weight is 1330 g/mol. The maximum Gasteiger partial charge on any atom is 0.265 e. The van der Waals surface area contributed by atoms with Crippen LogP contribution in [0.15, 0.2) is 131 Å². The second-order valence-electron chi connectivity index (χ2n) is 16.7. The number of hydrogen-bond donors (Lipinski definition) is 4. The van der Waals surface area contributed by atoms with Gasteiger partial charge in [-0.1, -0.05) is 69.7 Å². The minimum Gasteiger partial charge on any atom is -0.479 e. The van der Waals surface area contributed by atoms with Crippen LogP contribution in [0.2, 0.25) is 15.1 Å². The Morgan fingerprint density at radius 3 is 1.53 bits per heavy atom. The molecule has 12 aromatic rings. The van der Waals surface area contributed by atoms with Gasteiger partial charge in [0.15, 0.2) is 5.13 Å². The summed E-state index contributed by atoms with van der Waals surface area (Å²) in [6.07, 6.45) is 7.72. The molecule has 9 heterocycles. The Kier molecular flexibility index (Phi) is 23.0. The topological polar surface area (TPSA) is 302 Å².